The summed E-state index contributed by atoms with van der Waals surface area (Å²) in [6, 6.07) is 10.1. The molecule has 0 N–H and O–H groups in total. The van der Waals surface area contributed by atoms with E-state index < -0.39 is 5.60 Å². The highest BCUT2D eigenvalue weighted by atomic mass is 16.5. The third kappa shape index (κ3) is 3.38. The zero-order valence-corrected chi connectivity index (χ0v) is 12.6. The van der Waals surface area contributed by atoms with Gasteiger partial charge in [0, 0.05) is 26.2 Å². The molecule has 0 bridgehead atoms. The summed E-state index contributed by atoms with van der Waals surface area (Å²) in [5.41, 5.74) is 0.424. The lowest BCUT2D eigenvalue weighted by atomic mass is 10.0. The van der Waals surface area contributed by atoms with Crippen LogP contribution in [0.3, 0.4) is 0 Å². The van der Waals surface area contributed by atoms with Crippen LogP contribution in [0.1, 0.15) is 19.4 Å². The van der Waals surface area contributed by atoms with E-state index in [0.717, 1.165) is 12.1 Å². The van der Waals surface area contributed by atoms with Crippen molar-refractivity contribution < 1.29 is 9.53 Å². The van der Waals surface area contributed by atoms with Gasteiger partial charge in [0.25, 0.3) is 5.91 Å². The van der Waals surface area contributed by atoms with Crippen LogP contribution in [-0.4, -0.2) is 54.6 Å². The summed E-state index contributed by atoms with van der Waals surface area (Å²) in [5.74, 6) is 0.0791. The number of hydrogen-bond donors (Lipinski definition) is 0. The minimum absolute atomic E-state index is 0.0791. The Kier molecular flexibility index (Phi) is 4.78. The van der Waals surface area contributed by atoms with Gasteiger partial charge in [0.15, 0.2) is 5.60 Å². The molecule has 1 atom stereocenters. The number of morpholine rings is 1. The summed E-state index contributed by atoms with van der Waals surface area (Å²) in [6.45, 7) is 7.39. The second-order valence-corrected chi connectivity index (χ2v) is 5.62. The molecule has 1 heterocycles. The summed E-state index contributed by atoms with van der Waals surface area (Å²) in [5, 5.41) is 0. The zero-order chi connectivity index (χ0) is 14.6. The van der Waals surface area contributed by atoms with Crippen LogP contribution >= 0.6 is 0 Å². The highest BCUT2D eigenvalue weighted by molar-refractivity contribution is 5.85. The Morgan fingerprint density at radius 2 is 2.10 bits per heavy atom. The van der Waals surface area contributed by atoms with Gasteiger partial charge in [-0.3, -0.25) is 4.79 Å². The Hall–Kier alpha value is -1.39. The number of likely N-dealkylation sites (N-methyl/N-ethyl adjacent to an activating group) is 2. The summed E-state index contributed by atoms with van der Waals surface area (Å²) < 4.78 is 5.79. The molecule has 1 aliphatic heterocycles. The lowest BCUT2D eigenvalue weighted by molar-refractivity contribution is -0.166. The molecule has 0 saturated carbocycles. The topological polar surface area (TPSA) is 32.8 Å². The number of amides is 1. The van der Waals surface area contributed by atoms with Crippen molar-refractivity contribution in [2.75, 3.05) is 33.3 Å². The van der Waals surface area contributed by atoms with E-state index in [1.54, 1.807) is 0 Å². The maximum Gasteiger partial charge on any atom is 0.256 e. The van der Waals surface area contributed by atoms with Crippen molar-refractivity contribution in [2.24, 2.45) is 0 Å². The van der Waals surface area contributed by atoms with E-state index in [4.69, 9.17) is 4.74 Å². The Balaban J connectivity index is 2.08. The van der Waals surface area contributed by atoms with Gasteiger partial charge in [-0.25, -0.2) is 0 Å². The average Bonchev–Trinajstić information content (AvgIpc) is 2.45. The summed E-state index contributed by atoms with van der Waals surface area (Å²) in [6.07, 6.45) is 0. The minimum atomic E-state index is -0.724. The van der Waals surface area contributed by atoms with Gasteiger partial charge in [0.05, 0.1) is 6.61 Å². The van der Waals surface area contributed by atoms with E-state index in [1.165, 1.54) is 0 Å². The number of ether oxygens (including phenoxy) is 1. The predicted molar refractivity (Wildman–Crippen MR) is 79.4 cm³/mol. The van der Waals surface area contributed by atoms with Crippen molar-refractivity contribution in [2.45, 2.75) is 26.0 Å². The van der Waals surface area contributed by atoms with Crippen molar-refractivity contribution in [1.29, 1.82) is 0 Å². The van der Waals surface area contributed by atoms with Crippen LogP contribution in [0.5, 0.6) is 0 Å². The number of rotatable bonds is 4. The largest absolute Gasteiger partial charge is 0.363 e. The van der Waals surface area contributed by atoms with Gasteiger partial charge in [-0.05, 0) is 26.5 Å². The van der Waals surface area contributed by atoms with Gasteiger partial charge in [-0.1, -0.05) is 30.3 Å². The molecule has 2 rings (SSSR count). The first-order valence-corrected chi connectivity index (χ1v) is 7.21. The van der Waals surface area contributed by atoms with Crippen LogP contribution in [0.15, 0.2) is 30.3 Å². The van der Waals surface area contributed by atoms with Crippen LogP contribution in [0.4, 0.5) is 0 Å². The number of hydrogen-bond acceptors (Lipinski definition) is 3. The lowest BCUT2D eigenvalue weighted by Crippen LogP contribution is -2.58. The maximum absolute atomic E-state index is 12.8. The SMILES string of the molecule is CCN(Cc1ccccc1)C(=O)C1(C)CN(C)CCO1. The summed E-state index contributed by atoms with van der Waals surface area (Å²) in [4.78, 5) is 16.8. The minimum Gasteiger partial charge on any atom is -0.363 e. The first-order valence-electron chi connectivity index (χ1n) is 7.21. The van der Waals surface area contributed by atoms with Gasteiger partial charge in [0.1, 0.15) is 0 Å². The Morgan fingerprint density at radius 3 is 2.70 bits per heavy atom. The fraction of sp³-hybridized carbons (Fsp3) is 0.562. The Bertz CT molecular complexity index is 449. The monoisotopic (exact) mass is 276 g/mol. The van der Waals surface area contributed by atoms with Crippen LogP contribution in [-0.2, 0) is 16.1 Å². The van der Waals surface area contributed by atoms with Crippen LogP contribution < -0.4 is 0 Å². The molecule has 110 valence electrons. The Labute approximate surface area is 121 Å². The molecule has 0 aliphatic carbocycles. The standard InChI is InChI=1S/C16H24N2O2/c1-4-18(12-14-8-6-5-7-9-14)15(19)16(2)13-17(3)10-11-20-16/h5-9H,4,10-13H2,1-3H3. The zero-order valence-electron chi connectivity index (χ0n) is 12.6. The first kappa shape index (κ1) is 15.0. The summed E-state index contributed by atoms with van der Waals surface area (Å²) >= 11 is 0. The first-order chi connectivity index (χ1) is 9.55. The van der Waals surface area contributed by atoms with E-state index in [2.05, 4.69) is 4.90 Å². The van der Waals surface area contributed by atoms with Crippen molar-refractivity contribution in [3.05, 3.63) is 35.9 Å². The third-order valence-corrected chi connectivity index (χ3v) is 3.80. The molecule has 4 nitrogen and oxygen atoms in total. The lowest BCUT2D eigenvalue weighted by Gasteiger charge is -2.40. The van der Waals surface area contributed by atoms with Crippen molar-refractivity contribution in [3.8, 4) is 0 Å². The number of carbonyl (C=O) groups excluding carboxylic acids is 1. The van der Waals surface area contributed by atoms with E-state index in [1.807, 2.05) is 56.1 Å². The molecular formula is C16H24N2O2. The molecule has 0 spiro atoms. The molecular weight excluding hydrogens is 252 g/mol. The molecule has 1 fully saturated rings. The van der Waals surface area contributed by atoms with Gasteiger partial charge < -0.3 is 14.5 Å². The van der Waals surface area contributed by atoms with E-state index in [0.29, 0.717) is 26.2 Å². The quantitative estimate of drug-likeness (QED) is 0.840. The number of nitrogens with zero attached hydrogens (tertiary/aromatic N) is 2. The highest BCUT2D eigenvalue weighted by Gasteiger charge is 2.40. The molecule has 0 radical (unpaired) electrons. The van der Waals surface area contributed by atoms with Gasteiger partial charge in [-0.2, -0.15) is 0 Å². The normalized spacial score (nSPS) is 23.6. The molecule has 4 heteroatoms. The summed E-state index contributed by atoms with van der Waals surface area (Å²) in [7, 11) is 2.03. The molecule has 1 amide bonds. The molecule has 1 aromatic carbocycles. The van der Waals surface area contributed by atoms with Crippen molar-refractivity contribution >= 4 is 5.91 Å². The molecule has 1 saturated heterocycles. The van der Waals surface area contributed by atoms with Crippen molar-refractivity contribution in [3.63, 3.8) is 0 Å². The number of benzene rings is 1. The maximum atomic E-state index is 12.8. The van der Waals surface area contributed by atoms with E-state index >= 15 is 0 Å². The van der Waals surface area contributed by atoms with E-state index in [9.17, 15) is 4.79 Å². The van der Waals surface area contributed by atoms with E-state index in [-0.39, 0.29) is 5.91 Å². The fourth-order valence-electron chi connectivity index (χ4n) is 2.66. The molecule has 1 aromatic rings. The number of carbonyl (C=O) groups is 1. The molecule has 20 heavy (non-hydrogen) atoms. The average molecular weight is 276 g/mol. The highest BCUT2D eigenvalue weighted by Crippen LogP contribution is 2.21. The Morgan fingerprint density at radius 1 is 1.40 bits per heavy atom. The van der Waals surface area contributed by atoms with Gasteiger partial charge in [0.2, 0.25) is 0 Å². The third-order valence-electron chi connectivity index (χ3n) is 3.80. The smallest absolute Gasteiger partial charge is 0.256 e. The molecule has 1 unspecified atom stereocenters. The second kappa shape index (κ2) is 6.37. The second-order valence-electron chi connectivity index (χ2n) is 5.62. The fourth-order valence-corrected chi connectivity index (χ4v) is 2.66. The van der Waals surface area contributed by atoms with Gasteiger partial charge >= 0.3 is 0 Å². The van der Waals surface area contributed by atoms with Crippen LogP contribution in [0.25, 0.3) is 0 Å². The van der Waals surface area contributed by atoms with Crippen LogP contribution in [0.2, 0.25) is 0 Å². The van der Waals surface area contributed by atoms with Gasteiger partial charge in [-0.15, -0.1) is 0 Å². The molecule has 0 aromatic heterocycles. The van der Waals surface area contributed by atoms with Crippen LogP contribution in [0, 0.1) is 0 Å². The molecule has 1 aliphatic rings. The van der Waals surface area contributed by atoms with Crippen molar-refractivity contribution in [1.82, 2.24) is 9.80 Å². The predicted octanol–water partition coefficient (Wildman–Crippen LogP) is 1.76.